The first-order chi connectivity index (χ1) is 22.1. The number of fused-ring (bicyclic) bond motifs is 2. The number of aryl methyl sites for hydroxylation is 1. The Balaban J connectivity index is 1.40. The average Bonchev–Trinajstić information content (AvgIpc) is 3.77. The van der Waals surface area contributed by atoms with Crippen LogP contribution in [0.25, 0.3) is 0 Å². The number of amides is 1. The summed E-state index contributed by atoms with van der Waals surface area (Å²) in [7, 11) is 8.11. The van der Waals surface area contributed by atoms with Crippen molar-refractivity contribution in [1.29, 1.82) is 0 Å². The molecular formula is C35H50N3O8+. The zero-order chi connectivity index (χ0) is 32.8. The van der Waals surface area contributed by atoms with Crippen LogP contribution in [0.1, 0.15) is 56.1 Å². The number of carboxylic acids is 1. The SMILES string of the molecule is CCCCN(CCCC[N+](C)(C)C)C(=O)CN1C[C@H](c2cc(OC)c3c(c2)OCO3)[C@@H](C(=O)O)[C@@H]1CCc1cccc2c1OCO2. The molecule has 252 valence electrons. The zero-order valence-corrected chi connectivity index (χ0v) is 28.0. The number of carboxylic acid groups (broad SMARTS) is 1. The van der Waals surface area contributed by atoms with Crippen LogP contribution >= 0.6 is 0 Å². The number of ether oxygens (including phenoxy) is 5. The number of carbonyl (C=O) groups excluding carboxylic acids is 1. The van der Waals surface area contributed by atoms with Gasteiger partial charge >= 0.3 is 5.97 Å². The minimum atomic E-state index is -0.886. The molecule has 3 aliphatic rings. The summed E-state index contributed by atoms with van der Waals surface area (Å²) in [6.07, 6.45) is 5.04. The summed E-state index contributed by atoms with van der Waals surface area (Å²) in [6.45, 7) is 5.43. The number of carbonyl (C=O) groups is 2. The van der Waals surface area contributed by atoms with Crippen molar-refractivity contribution < 1.29 is 42.9 Å². The zero-order valence-electron chi connectivity index (χ0n) is 28.0. The largest absolute Gasteiger partial charge is 0.493 e. The van der Waals surface area contributed by atoms with Crippen molar-refractivity contribution in [2.45, 2.75) is 57.4 Å². The van der Waals surface area contributed by atoms with E-state index in [0.29, 0.717) is 61.2 Å². The van der Waals surface area contributed by atoms with E-state index in [2.05, 4.69) is 33.0 Å². The number of hydrogen-bond acceptors (Lipinski definition) is 8. The number of hydrogen-bond donors (Lipinski definition) is 1. The van der Waals surface area contributed by atoms with Crippen LogP contribution in [0.5, 0.6) is 28.7 Å². The molecule has 3 atom stereocenters. The third-order valence-electron chi connectivity index (χ3n) is 9.31. The predicted octanol–water partition coefficient (Wildman–Crippen LogP) is 4.37. The van der Waals surface area contributed by atoms with Crippen LogP contribution in [-0.4, -0.2) is 112 Å². The maximum Gasteiger partial charge on any atom is 0.308 e. The quantitative estimate of drug-likeness (QED) is 0.212. The van der Waals surface area contributed by atoms with Crippen molar-refractivity contribution in [3.63, 3.8) is 0 Å². The molecule has 0 unspecified atom stereocenters. The van der Waals surface area contributed by atoms with E-state index in [0.717, 1.165) is 47.8 Å². The van der Waals surface area contributed by atoms with Crippen molar-refractivity contribution in [2.24, 2.45) is 5.92 Å². The Hall–Kier alpha value is -3.70. The van der Waals surface area contributed by atoms with Gasteiger partial charge in [-0.25, -0.2) is 0 Å². The van der Waals surface area contributed by atoms with Gasteiger partial charge in [0, 0.05) is 31.6 Å². The maximum atomic E-state index is 14.0. The van der Waals surface area contributed by atoms with E-state index in [1.165, 1.54) is 0 Å². The average molecular weight is 641 g/mol. The minimum Gasteiger partial charge on any atom is -0.493 e. The number of para-hydroxylation sites is 1. The lowest BCUT2D eigenvalue weighted by atomic mass is 9.83. The first kappa shape index (κ1) is 33.7. The third kappa shape index (κ3) is 7.81. The summed E-state index contributed by atoms with van der Waals surface area (Å²) in [5, 5.41) is 10.7. The Morgan fingerprint density at radius 2 is 1.74 bits per heavy atom. The van der Waals surface area contributed by atoms with Crippen LogP contribution in [0.2, 0.25) is 0 Å². The lowest BCUT2D eigenvalue weighted by molar-refractivity contribution is -0.870. The maximum absolute atomic E-state index is 14.0. The number of quaternary nitrogens is 1. The Bertz CT molecular complexity index is 1380. The molecule has 1 fully saturated rings. The van der Waals surface area contributed by atoms with E-state index < -0.39 is 11.9 Å². The van der Waals surface area contributed by atoms with Gasteiger partial charge in [-0.05, 0) is 61.4 Å². The molecule has 0 bridgehead atoms. The van der Waals surface area contributed by atoms with Gasteiger partial charge in [-0.15, -0.1) is 0 Å². The fourth-order valence-corrected chi connectivity index (χ4v) is 6.92. The van der Waals surface area contributed by atoms with Gasteiger partial charge in [0.15, 0.2) is 23.0 Å². The van der Waals surface area contributed by atoms with Crippen molar-refractivity contribution in [1.82, 2.24) is 9.80 Å². The lowest BCUT2D eigenvalue weighted by Crippen LogP contribution is -2.45. The van der Waals surface area contributed by atoms with Crippen LogP contribution in [0.4, 0.5) is 0 Å². The highest BCUT2D eigenvalue weighted by Gasteiger charge is 2.47. The Morgan fingerprint density at radius 3 is 2.46 bits per heavy atom. The van der Waals surface area contributed by atoms with E-state index >= 15 is 0 Å². The monoisotopic (exact) mass is 640 g/mol. The smallest absolute Gasteiger partial charge is 0.308 e. The molecular weight excluding hydrogens is 590 g/mol. The third-order valence-corrected chi connectivity index (χ3v) is 9.31. The van der Waals surface area contributed by atoms with Crippen LogP contribution in [0, 0.1) is 5.92 Å². The van der Waals surface area contributed by atoms with Crippen LogP contribution < -0.4 is 23.7 Å². The summed E-state index contributed by atoms with van der Waals surface area (Å²) < 4.78 is 29.1. The first-order valence-electron chi connectivity index (χ1n) is 16.5. The molecule has 0 radical (unpaired) electrons. The topological polar surface area (TPSA) is 107 Å². The number of aliphatic carboxylic acids is 1. The van der Waals surface area contributed by atoms with Crippen LogP contribution in [0.3, 0.4) is 0 Å². The van der Waals surface area contributed by atoms with Crippen molar-refractivity contribution in [3.05, 3.63) is 41.5 Å². The molecule has 0 saturated carbocycles. The summed E-state index contributed by atoms with van der Waals surface area (Å²) in [5.41, 5.74) is 1.77. The fraction of sp³-hybridized carbons (Fsp3) is 0.600. The van der Waals surface area contributed by atoms with Gasteiger partial charge in [0.25, 0.3) is 0 Å². The van der Waals surface area contributed by atoms with Crippen LogP contribution in [-0.2, 0) is 16.0 Å². The minimum absolute atomic E-state index is 0.0501. The number of likely N-dealkylation sites (tertiary alicyclic amines) is 1. The van der Waals surface area contributed by atoms with E-state index in [1.54, 1.807) is 7.11 Å². The second-order valence-corrected chi connectivity index (χ2v) is 13.6. The molecule has 3 heterocycles. The lowest BCUT2D eigenvalue weighted by Gasteiger charge is -2.30. The summed E-state index contributed by atoms with van der Waals surface area (Å²) >= 11 is 0. The van der Waals surface area contributed by atoms with E-state index in [9.17, 15) is 14.7 Å². The standard InChI is InChI=1S/C35H49N3O8/c1-6-7-15-36(16-8-9-17-38(2,3)4)31(39)21-37-20-26(25-18-29(42-5)34-30(19-25)44-23-46-34)32(35(40)41)27(37)14-13-24-11-10-12-28-33(24)45-22-43-28/h10-12,18-19,26-27,32H,6-9,13-17,20-23H2,1-5H3/p+1/t26-,27+,32-/m1/s1. The highest BCUT2D eigenvalue weighted by atomic mass is 16.7. The van der Waals surface area contributed by atoms with Gasteiger partial charge in [-0.1, -0.05) is 25.5 Å². The highest BCUT2D eigenvalue weighted by molar-refractivity contribution is 5.79. The number of unbranched alkanes of at least 4 members (excludes halogenated alkanes) is 2. The molecule has 46 heavy (non-hydrogen) atoms. The molecule has 0 aromatic heterocycles. The Kier molecular flexibility index (Phi) is 10.8. The van der Waals surface area contributed by atoms with Gasteiger partial charge in [-0.3, -0.25) is 14.5 Å². The van der Waals surface area contributed by atoms with Gasteiger partial charge in [0.2, 0.25) is 25.2 Å². The van der Waals surface area contributed by atoms with Crippen molar-refractivity contribution in [2.75, 3.05) is 74.6 Å². The Morgan fingerprint density at radius 1 is 1.00 bits per heavy atom. The first-order valence-corrected chi connectivity index (χ1v) is 16.5. The molecule has 0 aliphatic carbocycles. The number of nitrogens with zero attached hydrogens (tertiary/aromatic N) is 3. The number of methoxy groups -OCH3 is 1. The number of rotatable bonds is 16. The molecule has 0 spiro atoms. The van der Waals surface area contributed by atoms with E-state index in [4.69, 9.17) is 23.7 Å². The molecule has 11 heteroatoms. The molecule has 2 aromatic carbocycles. The highest BCUT2D eigenvalue weighted by Crippen LogP contribution is 2.47. The second-order valence-electron chi connectivity index (χ2n) is 13.6. The fourth-order valence-electron chi connectivity index (χ4n) is 6.92. The van der Waals surface area contributed by atoms with Crippen molar-refractivity contribution in [3.8, 4) is 28.7 Å². The Labute approximate surface area is 272 Å². The van der Waals surface area contributed by atoms with Crippen LogP contribution in [0.15, 0.2) is 30.3 Å². The number of benzene rings is 2. The van der Waals surface area contributed by atoms with Gasteiger partial charge in [0.1, 0.15) is 0 Å². The van der Waals surface area contributed by atoms with Gasteiger partial charge in [0.05, 0.1) is 47.3 Å². The molecule has 3 aliphatic heterocycles. The summed E-state index contributed by atoms with van der Waals surface area (Å²) in [4.78, 5) is 31.1. The second kappa shape index (κ2) is 14.8. The molecule has 1 amide bonds. The summed E-state index contributed by atoms with van der Waals surface area (Å²) in [6, 6.07) is 9.14. The molecule has 5 rings (SSSR count). The van der Waals surface area contributed by atoms with Crippen molar-refractivity contribution >= 4 is 11.9 Å². The van der Waals surface area contributed by atoms with Gasteiger partial charge < -0.3 is 38.2 Å². The normalized spacial score (nSPS) is 20.2. The molecule has 2 aromatic rings. The summed E-state index contributed by atoms with van der Waals surface area (Å²) in [5.74, 6) is 1.03. The molecule has 11 nitrogen and oxygen atoms in total. The van der Waals surface area contributed by atoms with E-state index in [1.807, 2.05) is 35.2 Å². The molecule has 1 saturated heterocycles. The van der Waals surface area contributed by atoms with E-state index in [-0.39, 0.29) is 38.0 Å². The predicted molar refractivity (Wildman–Crippen MR) is 173 cm³/mol. The molecule has 1 N–H and O–H groups in total. The van der Waals surface area contributed by atoms with Gasteiger partial charge in [-0.2, -0.15) is 0 Å².